The molecule has 11 heteroatoms. The molecule has 2 heterocycles. The predicted octanol–water partition coefficient (Wildman–Crippen LogP) is 6.36. The Bertz CT molecular complexity index is 1170. The second kappa shape index (κ2) is 7.48. The van der Waals surface area contributed by atoms with E-state index in [1.165, 1.54) is 18.2 Å². The highest BCUT2D eigenvalue weighted by atomic mass is 35.5. The van der Waals surface area contributed by atoms with Gasteiger partial charge in [0.25, 0.3) is 0 Å². The third-order valence-electron chi connectivity index (χ3n) is 4.50. The van der Waals surface area contributed by atoms with E-state index in [9.17, 15) is 17.6 Å². The summed E-state index contributed by atoms with van der Waals surface area (Å²) in [6, 6.07) is 3.90. The molecule has 1 aliphatic rings. The zero-order chi connectivity index (χ0) is 21.6. The Kier molecular flexibility index (Phi) is 5.11. The van der Waals surface area contributed by atoms with E-state index in [2.05, 4.69) is 10.3 Å². The Hall–Kier alpha value is -2.78. The lowest BCUT2D eigenvalue weighted by Crippen LogP contribution is -2.15. The second-order valence-electron chi connectivity index (χ2n) is 6.45. The van der Waals surface area contributed by atoms with E-state index < -0.39 is 29.0 Å². The second-order valence-corrected chi connectivity index (χ2v) is 7.34. The smallest absolute Gasteiger partial charge is 0.394 e. The molecule has 30 heavy (non-hydrogen) atoms. The van der Waals surface area contributed by atoms with Gasteiger partial charge in [-0.05, 0) is 31.1 Å². The minimum atomic E-state index is -4.81. The monoisotopic (exact) mass is 458 g/mol. The van der Waals surface area contributed by atoms with Crippen molar-refractivity contribution in [1.29, 1.82) is 0 Å². The van der Waals surface area contributed by atoms with Crippen molar-refractivity contribution in [2.45, 2.75) is 19.0 Å². The van der Waals surface area contributed by atoms with Crippen molar-refractivity contribution in [3.05, 3.63) is 58.1 Å². The molecule has 0 atom stereocenters. The normalized spacial score (nSPS) is 14.6. The van der Waals surface area contributed by atoms with Crippen LogP contribution in [0.15, 0.2) is 46.1 Å². The summed E-state index contributed by atoms with van der Waals surface area (Å²) < 4.78 is 61.9. The van der Waals surface area contributed by atoms with Gasteiger partial charge in [-0.1, -0.05) is 40.5 Å². The first kappa shape index (κ1) is 20.5. The van der Waals surface area contributed by atoms with Crippen molar-refractivity contribution < 1.29 is 22.1 Å². The summed E-state index contributed by atoms with van der Waals surface area (Å²) in [4.78, 5) is 0. The number of nitrogens with two attached hydrogens (primary N) is 1. The minimum absolute atomic E-state index is 0.0135. The van der Waals surface area contributed by atoms with Crippen molar-refractivity contribution in [2.24, 2.45) is 0 Å². The van der Waals surface area contributed by atoms with E-state index in [0.717, 1.165) is 12.3 Å². The summed E-state index contributed by atoms with van der Waals surface area (Å²) in [5.74, 6) is -1.14. The van der Waals surface area contributed by atoms with Gasteiger partial charge in [0.2, 0.25) is 0 Å². The molecule has 1 aliphatic carbocycles. The summed E-state index contributed by atoms with van der Waals surface area (Å²) in [5.41, 5.74) is 3.94. The number of benzene rings is 1. The third-order valence-corrected chi connectivity index (χ3v) is 5.11. The molecule has 0 spiro atoms. The molecular formula is C19H12Cl2F4N4O. The van der Waals surface area contributed by atoms with E-state index in [4.69, 9.17) is 33.5 Å². The number of halogens is 6. The number of anilines is 1. The van der Waals surface area contributed by atoms with Gasteiger partial charge in [-0.2, -0.15) is 18.3 Å². The Labute approximate surface area is 177 Å². The summed E-state index contributed by atoms with van der Waals surface area (Å²) in [6.07, 6.45) is 0.153. The molecule has 0 bridgehead atoms. The van der Waals surface area contributed by atoms with Gasteiger partial charge < -0.3 is 10.3 Å². The third kappa shape index (κ3) is 3.48. The molecule has 0 radical (unpaired) electrons. The number of allylic oxidation sites excluding steroid dienone is 4. The maximum atomic E-state index is 14.2. The van der Waals surface area contributed by atoms with Crippen LogP contribution in [-0.2, 0) is 6.18 Å². The van der Waals surface area contributed by atoms with E-state index >= 15 is 0 Å². The quantitative estimate of drug-likeness (QED) is 0.463. The van der Waals surface area contributed by atoms with Crippen molar-refractivity contribution in [3.8, 4) is 22.6 Å². The van der Waals surface area contributed by atoms with Crippen molar-refractivity contribution in [2.75, 3.05) is 5.73 Å². The highest BCUT2D eigenvalue weighted by Crippen LogP contribution is 2.44. The van der Waals surface area contributed by atoms with Crippen LogP contribution in [0.5, 0.6) is 0 Å². The van der Waals surface area contributed by atoms with Crippen molar-refractivity contribution >= 4 is 34.6 Å². The highest BCUT2D eigenvalue weighted by molar-refractivity contribution is 6.33. The van der Waals surface area contributed by atoms with Crippen LogP contribution in [0.1, 0.15) is 18.5 Å². The molecule has 0 saturated carbocycles. The maximum Gasteiger partial charge on any atom is 0.434 e. The first-order chi connectivity index (χ1) is 14.2. The fraction of sp³-hybridized carbons (Fsp3) is 0.158. The van der Waals surface area contributed by atoms with Crippen LogP contribution in [0, 0.1) is 5.82 Å². The largest absolute Gasteiger partial charge is 0.434 e. The fourth-order valence-electron chi connectivity index (χ4n) is 3.18. The molecule has 0 saturated heterocycles. The van der Waals surface area contributed by atoms with E-state index in [0.29, 0.717) is 22.6 Å². The lowest BCUT2D eigenvalue weighted by molar-refractivity contribution is -0.142. The van der Waals surface area contributed by atoms with Crippen molar-refractivity contribution in [3.63, 3.8) is 0 Å². The van der Waals surface area contributed by atoms with E-state index in [-0.39, 0.29) is 27.7 Å². The molecule has 1 aromatic carbocycles. The average molecular weight is 459 g/mol. The lowest BCUT2D eigenvalue weighted by Gasteiger charge is -2.15. The Morgan fingerprint density at radius 1 is 1.20 bits per heavy atom. The molecule has 0 amide bonds. The van der Waals surface area contributed by atoms with E-state index in [1.54, 1.807) is 6.08 Å². The maximum absolute atomic E-state index is 14.2. The number of hydrogen-bond donors (Lipinski definition) is 1. The number of rotatable bonds is 3. The van der Waals surface area contributed by atoms with Crippen LogP contribution in [-0.4, -0.2) is 14.9 Å². The van der Waals surface area contributed by atoms with Gasteiger partial charge in [-0.3, -0.25) is 0 Å². The van der Waals surface area contributed by atoms with Gasteiger partial charge in [0.05, 0.1) is 28.0 Å². The number of hydrogen-bond acceptors (Lipinski definition) is 4. The average Bonchev–Trinajstić information content (AvgIpc) is 3.26. The van der Waals surface area contributed by atoms with Crippen LogP contribution in [0.2, 0.25) is 5.02 Å². The Balaban J connectivity index is 1.89. The number of alkyl halides is 3. The van der Waals surface area contributed by atoms with Crippen molar-refractivity contribution in [1.82, 2.24) is 14.9 Å². The summed E-state index contributed by atoms with van der Waals surface area (Å²) in [7, 11) is 0. The Morgan fingerprint density at radius 3 is 2.63 bits per heavy atom. The Morgan fingerprint density at radius 2 is 1.97 bits per heavy atom. The van der Waals surface area contributed by atoms with Crippen LogP contribution in [0.4, 0.5) is 23.2 Å². The molecule has 0 unspecified atom stereocenters. The van der Waals surface area contributed by atoms with Gasteiger partial charge >= 0.3 is 6.18 Å². The summed E-state index contributed by atoms with van der Waals surface area (Å²) in [5, 5.41) is 7.92. The number of aromatic nitrogens is 3. The van der Waals surface area contributed by atoms with Gasteiger partial charge in [0.15, 0.2) is 11.5 Å². The number of nitrogen functional groups attached to an aromatic ring is 1. The first-order valence-electron chi connectivity index (χ1n) is 8.60. The summed E-state index contributed by atoms with van der Waals surface area (Å²) in [6.45, 7) is 0. The lowest BCUT2D eigenvalue weighted by atomic mass is 10.1. The molecule has 4 rings (SSSR count). The van der Waals surface area contributed by atoms with Crippen LogP contribution in [0.25, 0.3) is 28.3 Å². The van der Waals surface area contributed by atoms with Gasteiger partial charge in [-0.25, -0.2) is 9.07 Å². The van der Waals surface area contributed by atoms with Crippen LogP contribution >= 0.6 is 23.2 Å². The summed E-state index contributed by atoms with van der Waals surface area (Å²) >= 11 is 12.0. The molecule has 5 nitrogen and oxygen atoms in total. The zero-order valence-corrected chi connectivity index (χ0v) is 16.5. The first-order valence-corrected chi connectivity index (χ1v) is 9.35. The van der Waals surface area contributed by atoms with Crippen LogP contribution in [0.3, 0.4) is 0 Å². The zero-order valence-electron chi connectivity index (χ0n) is 15.0. The molecule has 3 aromatic rings. The standard InChI is InChI=1S/C19H12Cl2F4N4O/c20-9-3-1-4-10(7-9)29-18(19(23,24)25)11(8-27-29)17-15(26)16(28-30-17)14-12(21)5-2-6-13(14)22/h2,4-8H,1,3,26H2. The van der Waals surface area contributed by atoms with Gasteiger partial charge in [0.1, 0.15) is 17.2 Å². The molecule has 0 fully saturated rings. The molecule has 0 aliphatic heterocycles. The number of nitrogens with zero attached hydrogens (tertiary/aromatic N) is 3. The minimum Gasteiger partial charge on any atom is -0.394 e. The van der Waals surface area contributed by atoms with E-state index in [1.807, 2.05) is 0 Å². The van der Waals surface area contributed by atoms with Gasteiger partial charge in [0, 0.05) is 5.03 Å². The highest BCUT2D eigenvalue weighted by Gasteiger charge is 2.41. The van der Waals surface area contributed by atoms with Crippen LogP contribution < -0.4 is 5.73 Å². The topological polar surface area (TPSA) is 69.9 Å². The predicted molar refractivity (Wildman–Crippen MR) is 105 cm³/mol. The fourth-order valence-corrected chi connectivity index (χ4v) is 3.65. The van der Waals surface area contributed by atoms with Gasteiger partial charge in [-0.15, -0.1) is 0 Å². The molecular weight excluding hydrogens is 447 g/mol. The molecule has 156 valence electrons. The SMILES string of the molecule is Nc1c(-c2c(F)cccc2Cl)noc1-c1cnn(C2=CCCC(Cl)=C2)c1C(F)(F)F. The molecule has 2 N–H and O–H groups in total. The molecule has 2 aromatic heterocycles.